The third-order valence-electron chi connectivity index (χ3n) is 2.75. The van der Waals surface area contributed by atoms with Gasteiger partial charge in [-0.25, -0.2) is 0 Å². The molecule has 0 spiro atoms. The first kappa shape index (κ1) is 17.1. The second-order valence-electron chi connectivity index (χ2n) is 4.87. The highest BCUT2D eigenvalue weighted by molar-refractivity contribution is 5.92. The van der Waals surface area contributed by atoms with Gasteiger partial charge in [-0.05, 0) is 31.8 Å². The summed E-state index contributed by atoms with van der Waals surface area (Å²) in [7, 11) is 3.89. The maximum absolute atomic E-state index is 11.4. The number of amides is 2. The molecule has 1 rings (SSSR count). The van der Waals surface area contributed by atoms with Crippen LogP contribution in [-0.2, 0) is 16.1 Å². The van der Waals surface area contributed by atoms with Gasteiger partial charge in [-0.15, -0.1) is 0 Å². The van der Waals surface area contributed by atoms with E-state index >= 15 is 0 Å². The van der Waals surface area contributed by atoms with Gasteiger partial charge in [0, 0.05) is 18.7 Å². The summed E-state index contributed by atoms with van der Waals surface area (Å²) >= 11 is 0. The van der Waals surface area contributed by atoms with Crippen LogP contribution in [-0.4, -0.2) is 50.5 Å². The van der Waals surface area contributed by atoms with Crippen LogP contribution in [0.15, 0.2) is 24.3 Å². The number of nitrogens with one attached hydrogen (secondary N) is 1. The monoisotopic (exact) mass is 292 g/mol. The predicted molar refractivity (Wildman–Crippen MR) is 80.5 cm³/mol. The molecule has 6 nitrogen and oxygen atoms in total. The largest absolute Gasteiger partial charge is 0.376 e. The summed E-state index contributed by atoms with van der Waals surface area (Å²) in [5.74, 6) is -0.592. The van der Waals surface area contributed by atoms with Crippen molar-refractivity contribution in [2.24, 2.45) is 5.73 Å². The van der Waals surface area contributed by atoms with E-state index in [0.29, 0.717) is 18.7 Å². The lowest BCUT2D eigenvalue weighted by Crippen LogP contribution is -2.32. The number of likely N-dealkylation sites (N-methyl/N-ethyl adjacent to an activating group) is 1. The Morgan fingerprint density at radius 3 is 2.52 bits per heavy atom. The van der Waals surface area contributed by atoms with Crippen molar-refractivity contribution in [3.63, 3.8) is 0 Å². The number of hydrogen-bond acceptors (Lipinski definition) is 4. The van der Waals surface area contributed by atoms with Crippen LogP contribution in [0.1, 0.15) is 15.9 Å². The Morgan fingerprint density at radius 1 is 1.29 bits per heavy atom. The summed E-state index contributed by atoms with van der Waals surface area (Å²) in [5.41, 5.74) is 6.54. The lowest BCUT2D eigenvalue weighted by molar-refractivity contribution is -0.118. The van der Waals surface area contributed by atoms with Gasteiger partial charge in [-0.2, -0.15) is 0 Å². The van der Waals surface area contributed by atoms with Crippen LogP contribution in [0.2, 0.25) is 0 Å². The Balaban J connectivity index is 2.16. The van der Waals surface area contributed by atoms with Gasteiger partial charge in [0.05, 0.1) is 19.6 Å². The molecule has 0 aliphatic carbocycles. The van der Waals surface area contributed by atoms with E-state index in [1.807, 2.05) is 19.0 Å². The van der Waals surface area contributed by atoms with Crippen LogP contribution in [0.25, 0.3) is 0 Å². The Bertz CT molecular complexity index is 458. The van der Waals surface area contributed by atoms with Gasteiger partial charge in [0.25, 0.3) is 0 Å². The predicted octanol–water partition coefficient (Wildman–Crippen LogP) is 0.184. The van der Waals surface area contributed by atoms with Gasteiger partial charge >= 0.3 is 0 Å². The van der Waals surface area contributed by atoms with E-state index in [4.69, 9.17) is 10.5 Å². The number of ether oxygens (including phenoxy) is 1. The first-order chi connectivity index (χ1) is 9.99. The zero-order chi connectivity index (χ0) is 15.7. The van der Waals surface area contributed by atoms with E-state index in [-0.39, 0.29) is 12.5 Å². The van der Waals surface area contributed by atoms with Crippen LogP contribution in [0.5, 0.6) is 0 Å². The molecule has 0 saturated carbocycles. The van der Waals surface area contributed by atoms with Crippen molar-refractivity contribution in [2.75, 3.05) is 33.8 Å². The fourth-order valence-electron chi connectivity index (χ4n) is 1.55. The molecule has 1 radical (unpaired) electrons. The Kier molecular flexibility index (Phi) is 7.42. The number of nitrogens with zero attached hydrogens (tertiary/aromatic N) is 1. The third-order valence-corrected chi connectivity index (χ3v) is 2.75. The molecule has 3 N–H and O–H groups in total. The number of nitrogens with two attached hydrogens (primary N) is 1. The van der Waals surface area contributed by atoms with Gasteiger partial charge in [0.15, 0.2) is 0 Å². The molecular formula is C15H22N3O3. The summed E-state index contributed by atoms with van der Waals surface area (Å²) in [6.45, 7) is 2.02. The molecule has 115 valence electrons. The molecular weight excluding hydrogens is 270 g/mol. The standard InChI is InChI=1S/C15H22N3O3/c1-18(2)9-8-17-14(19)7-10-21-11-12-3-5-13(6-4-12)15(16)20/h3-7H,8-11H2,1-2H3,(H2,16,20)(H,17,19). The van der Waals surface area contributed by atoms with Gasteiger partial charge in [-0.1, -0.05) is 12.1 Å². The number of carbonyl (C=O) groups excluding carboxylic acids is 2. The molecule has 0 aliphatic rings. The highest BCUT2D eigenvalue weighted by atomic mass is 16.5. The Hall–Kier alpha value is -1.92. The van der Waals surface area contributed by atoms with E-state index in [2.05, 4.69) is 5.32 Å². The molecule has 1 aromatic carbocycles. The maximum atomic E-state index is 11.4. The SMILES string of the molecule is CN(C)CCNC(=O)[CH]COCc1ccc(C(N)=O)cc1. The van der Waals surface area contributed by atoms with Crippen molar-refractivity contribution >= 4 is 11.8 Å². The number of primary amides is 1. The molecule has 0 atom stereocenters. The molecule has 21 heavy (non-hydrogen) atoms. The topological polar surface area (TPSA) is 84.7 Å². The average Bonchev–Trinajstić information content (AvgIpc) is 2.43. The summed E-state index contributed by atoms with van der Waals surface area (Å²) in [5, 5.41) is 2.77. The Morgan fingerprint density at radius 2 is 1.95 bits per heavy atom. The van der Waals surface area contributed by atoms with Crippen LogP contribution in [0.3, 0.4) is 0 Å². The molecule has 0 aromatic heterocycles. The van der Waals surface area contributed by atoms with Crippen LogP contribution >= 0.6 is 0 Å². The lowest BCUT2D eigenvalue weighted by atomic mass is 10.1. The van der Waals surface area contributed by atoms with Crippen LogP contribution in [0.4, 0.5) is 0 Å². The lowest BCUT2D eigenvalue weighted by Gasteiger charge is -2.10. The van der Waals surface area contributed by atoms with Crippen LogP contribution < -0.4 is 11.1 Å². The molecule has 1 aromatic rings. The molecule has 0 unspecified atom stereocenters. The summed E-state index contributed by atoms with van der Waals surface area (Å²) in [6.07, 6.45) is 1.47. The third kappa shape index (κ3) is 7.43. The zero-order valence-electron chi connectivity index (χ0n) is 12.5. The number of rotatable bonds is 9. The van der Waals surface area contributed by atoms with E-state index in [1.54, 1.807) is 24.3 Å². The molecule has 6 heteroatoms. The highest BCUT2D eigenvalue weighted by Gasteiger charge is 2.03. The zero-order valence-corrected chi connectivity index (χ0v) is 12.5. The maximum Gasteiger partial charge on any atom is 0.248 e. The fourth-order valence-corrected chi connectivity index (χ4v) is 1.55. The van der Waals surface area contributed by atoms with Crippen LogP contribution in [0, 0.1) is 6.42 Å². The number of carbonyl (C=O) groups is 2. The fraction of sp³-hybridized carbons (Fsp3) is 0.400. The quantitative estimate of drug-likeness (QED) is 0.636. The van der Waals surface area contributed by atoms with Crippen molar-refractivity contribution < 1.29 is 14.3 Å². The van der Waals surface area contributed by atoms with Gasteiger partial charge in [0.1, 0.15) is 0 Å². The van der Waals surface area contributed by atoms with Crippen molar-refractivity contribution in [2.45, 2.75) is 6.61 Å². The molecule has 0 fully saturated rings. The average molecular weight is 292 g/mol. The van der Waals surface area contributed by atoms with Crippen molar-refractivity contribution in [3.05, 3.63) is 41.8 Å². The first-order valence-electron chi connectivity index (χ1n) is 6.71. The van der Waals surface area contributed by atoms with Crippen molar-refractivity contribution in [3.8, 4) is 0 Å². The van der Waals surface area contributed by atoms with Gasteiger partial charge in [0.2, 0.25) is 11.8 Å². The molecule has 2 amide bonds. The minimum atomic E-state index is -0.454. The summed E-state index contributed by atoms with van der Waals surface area (Å²) in [6, 6.07) is 6.85. The summed E-state index contributed by atoms with van der Waals surface area (Å²) < 4.78 is 5.38. The minimum absolute atomic E-state index is 0.138. The van der Waals surface area contributed by atoms with Crippen molar-refractivity contribution in [1.29, 1.82) is 0 Å². The second kappa shape index (κ2) is 9.10. The van der Waals surface area contributed by atoms with E-state index in [9.17, 15) is 9.59 Å². The normalized spacial score (nSPS) is 10.6. The molecule has 0 saturated heterocycles. The van der Waals surface area contributed by atoms with E-state index < -0.39 is 5.91 Å². The Labute approximate surface area is 125 Å². The van der Waals surface area contributed by atoms with Crippen molar-refractivity contribution in [1.82, 2.24) is 10.2 Å². The number of hydrogen-bond donors (Lipinski definition) is 2. The second-order valence-corrected chi connectivity index (χ2v) is 4.87. The first-order valence-corrected chi connectivity index (χ1v) is 6.71. The molecule has 0 aliphatic heterocycles. The van der Waals surface area contributed by atoms with E-state index in [1.165, 1.54) is 6.42 Å². The number of benzene rings is 1. The highest BCUT2D eigenvalue weighted by Crippen LogP contribution is 2.05. The minimum Gasteiger partial charge on any atom is -0.376 e. The smallest absolute Gasteiger partial charge is 0.248 e. The van der Waals surface area contributed by atoms with E-state index in [0.717, 1.165) is 12.1 Å². The summed E-state index contributed by atoms with van der Waals surface area (Å²) in [4.78, 5) is 24.3. The van der Waals surface area contributed by atoms with Gasteiger partial charge < -0.3 is 20.7 Å². The van der Waals surface area contributed by atoms with Gasteiger partial charge in [-0.3, -0.25) is 9.59 Å². The molecule has 0 bridgehead atoms. The molecule has 0 heterocycles.